The standard InChI is InChI=1S/C4H11O3P/c1-4(2,5)8(6)7-3/h5,8H,1-3H3. The third kappa shape index (κ3) is 2.46. The van der Waals surface area contributed by atoms with E-state index < -0.39 is 13.4 Å². The Balaban J connectivity index is 3.82. The smallest absolute Gasteiger partial charge is 0.221 e. The van der Waals surface area contributed by atoms with Crippen molar-refractivity contribution in [2.75, 3.05) is 7.11 Å². The van der Waals surface area contributed by atoms with Gasteiger partial charge in [-0.05, 0) is 13.8 Å². The van der Waals surface area contributed by atoms with Crippen molar-refractivity contribution in [3.8, 4) is 0 Å². The summed E-state index contributed by atoms with van der Waals surface area (Å²) in [5.41, 5.74) is 0. The fraction of sp³-hybridized carbons (Fsp3) is 1.00. The summed E-state index contributed by atoms with van der Waals surface area (Å²) in [6, 6.07) is 0. The van der Waals surface area contributed by atoms with Crippen molar-refractivity contribution in [3.63, 3.8) is 0 Å². The SMILES string of the molecule is CO[PH](=O)C(C)(C)O. The minimum atomic E-state index is -2.24. The van der Waals surface area contributed by atoms with Gasteiger partial charge in [-0.3, -0.25) is 4.57 Å². The Morgan fingerprint density at radius 2 is 2.00 bits per heavy atom. The van der Waals surface area contributed by atoms with Crippen LogP contribution >= 0.6 is 8.03 Å². The molecule has 0 fully saturated rings. The summed E-state index contributed by atoms with van der Waals surface area (Å²) in [4.78, 5) is 0. The highest BCUT2D eigenvalue weighted by Gasteiger charge is 2.20. The van der Waals surface area contributed by atoms with Gasteiger partial charge >= 0.3 is 0 Å². The Labute approximate surface area is 49.5 Å². The lowest BCUT2D eigenvalue weighted by Crippen LogP contribution is -2.12. The van der Waals surface area contributed by atoms with Gasteiger partial charge in [-0.1, -0.05) is 0 Å². The average molecular weight is 138 g/mol. The second-order valence-corrected chi connectivity index (χ2v) is 4.26. The fourth-order valence-corrected chi connectivity index (χ4v) is 0.749. The van der Waals surface area contributed by atoms with Crippen LogP contribution in [0.1, 0.15) is 13.8 Å². The predicted molar refractivity (Wildman–Crippen MR) is 32.3 cm³/mol. The van der Waals surface area contributed by atoms with E-state index in [0.29, 0.717) is 0 Å². The van der Waals surface area contributed by atoms with E-state index >= 15 is 0 Å². The van der Waals surface area contributed by atoms with Gasteiger partial charge in [-0.25, -0.2) is 0 Å². The largest absolute Gasteiger partial charge is 0.381 e. The van der Waals surface area contributed by atoms with Crippen molar-refractivity contribution in [2.45, 2.75) is 19.2 Å². The van der Waals surface area contributed by atoms with Crippen LogP contribution in [0.5, 0.6) is 0 Å². The highest BCUT2D eigenvalue weighted by Crippen LogP contribution is 2.35. The molecule has 0 rings (SSSR count). The second-order valence-electron chi connectivity index (χ2n) is 2.05. The van der Waals surface area contributed by atoms with E-state index in [1.54, 1.807) is 0 Å². The molecule has 4 heteroatoms. The Kier molecular flexibility index (Phi) is 2.67. The average Bonchev–Trinajstić information content (AvgIpc) is 1.62. The summed E-state index contributed by atoms with van der Waals surface area (Å²) >= 11 is 0. The molecule has 0 amide bonds. The van der Waals surface area contributed by atoms with Gasteiger partial charge in [0.05, 0.1) is 0 Å². The van der Waals surface area contributed by atoms with Gasteiger partial charge in [0.15, 0.2) is 0 Å². The van der Waals surface area contributed by atoms with Crippen LogP contribution in [0.15, 0.2) is 0 Å². The molecular formula is C4H11O3P. The molecule has 0 saturated carbocycles. The first-order valence-corrected chi connectivity index (χ1v) is 3.61. The molecule has 0 aromatic rings. The van der Waals surface area contributed by atoms with Crippen LogP contribution in [-0.2, 0) is 9.09 Å². The van der Waals surface area contributed by atoms with Crippen LogP contribution in [-0.4, -0.2) is 17.6 Å². The zero-order valence-electron chi connectivity index (χ0n) is 5.26. The second kappa shape index (κ2) is 2.62. The van der Waals surface area contributed by atoms with E-state index in [0.717, 1.165) is 0 Å². The fourth-order valence-electron chi connectivity index (χ4n) is 0.250. The minimum absolute atomic E-state index is 1.17. The molecule has 0 aromatic heterocycles. The summed E-state index contributed by atoms with van der Waals surface area (Å²) in [5.74, 6) is 0. The van der Waals surface area contributed by atoms with Crippen molar-refractivity contribution in [3.05, 3.63) is 0 Å². The summed E-state index contributed by atoms with van der Waals surface area (Å²) < 4.78 is 15.0. The molecule has 50 valence electrons. The van der Waals surface area contributed by atoms with E-state index in [1.165, 1.54) is 21.0 Å². The van der Waals surface area contributed by atoms with Gasteiger partial charge < -0.3 is 9.63 Å². The Bertz CT molecular complexity index is 93.9. The van der Waals surface area contributed by atoms with E-state index in [9.17, 15) is 4.57 Å². The maximum Gasteiger partial charge on any atom is 0.221 e. The number of hydrogen-bond donors (Lipinski definition) is 1. The Hall–Kier alpha value is 0.150. The lowest BCUT2D eigenvalue weighted by molar-refractivity contribution is 0.150. The first-order valence-electron chi connectivity index (χ1n) is 2.29. The zero-order chi connectivity index (χ0) is 6.78. The topological polar surface area (TPSA) is 46.5 Å². The van der Waals surface area contributed by atoms with Crippen LogP contribution in [0.3, 0.4) is 0 Å². The quantitative estimate of drug-likeness (QED) is 0.575. The molecule has 0 radical (unpaired) electrons. The van der Waals surface area contributed by atoms with E-state index in [1.807, 2.05) is 0 Å². The molecule has 0 saturated heterocycles. The minimum Gasteiger partial charge on any atom is -0.381 e. The molecule has 0 bridgehead atoms. The number of aliphatic hydroxyl groups is 1. The van der Waals surface area contributed by atoms with E-state index in [2.05, 4.69) is 4.52 Å². The summed E-state index contributed by atoms with van der Waals surface area (Å²) in [7, 11) is -0.920. The Morgan fingerprint density at radius 1 is 1.62 bits per heavy atom. The summed E-state index contributed by atoms with van der Waals surface area (Å²) in [6.07, 6.45) is 0. The van der Waals surface area contributed by atoms with E-state index in [4.69, 9.17) is 5.11 Å². The van der Waals surface area contributed by atoms with Gasteiger partial charge in [0.25, 0.3) is 0 Å². The van der Waals surface area contributed by atoms with Crippen molar-refractivity contribution < 1.29 is 14.2 Å². The van der Waals surface area contributed by atoms with Gasteiger partial charge in [0.2, 0.25) is 8.03 Å². The normalized spacial score (nSPS) is 16.0. The van der Waals surface area contributed by atoms with Gasteiger partial charge in [-0.15, -0.1) is 0 Å². The molecule has 3 nitrogen and oxygen atoms in total. The van der Waals surface area contributed by atoms with E-state index in [-0.39, 0.29) is 0 Å². The van der Waals surface area contributed by atoms with Gasteiger partial charge in [-0.2, -0.15) is 0 Å². The third-order valence-corrected chi connectivity index (χ3v) is 2.05. The van der Waals surface area contributed by atoms with Gasteiger partial charge in [0.1, 0.15) is 5.34 Å². The van der Waals surface area contributed by atoms with Crippen LogP contribution in [0.2, 0.25) is 0 Å². The third-order valence-electron chi connectivity index (χ3n) is 0.685. The summed E-state index contributed by atoms with van der Waals surface area (Å²) in [5, 5.41) is 7.73. The molecular weight excluding hydrogens is 127 g/mol. The van der Waals surface area contributed by atoms with Crippen molar-refractivity contribution in [2.24, 2.45) is 0 Å². The van der Waals surface area contributed by atoms with Crippen molar-refractivity contribution in [1.29, 1.82) is 0 Å². The highest BCUT2D eigenvalue weighted by atomic mass is 31.1. The molecule has 0 aliphatic heterocycles. The van der Waals surface area contributed by atoms with Gasteiger partial charge in [0, 0.05) is 7.11 Å². The maximum absolute atomic E-state index is 10.5. The van der Waals surface area contributed by atoms with Crippen LogP contribution < -0.4 is 0 Å². The molecule has 8 heavy (non-hydrogen) atoms. The van der Waals surface area contributed by atoms with Crippen LogP contribution in [0.4, 0.5) is 0 Å². The van der Waals surface area contributed by atoms with Crippen LogP contribution in [0.25, 0.3) is 0 Å². The first-order chi connectivity index (χ1) is 3.48. The lowest BCUT2D eigenvalue weighted by atomic mass is 10.5. The molecule has 1 atom stereocenters. The molecule has 0 aromatic carbocycles. The molecule has 1 N–H and O–H groups in total. The molecule has 0 heterocycles. The number of hydrogen-bond acceptors (Lipinski definition) is 3. The molecule has 0 aliphatic carbocycles. The molecule has 0 spiro atoms. The zero-order valence-corrected chi connectivity index (χ0v) is 6.26. The molecule has 0 aliphatic rings. The van der Waals surface area contributed by atoms with Crippen molar-refractivity contribution in [1.82, 2.24) is 0 Å². The highest BCUT2D eigenvalue weighted by molar-refractivity contribution is 7.40. The summed E-state index contributed by atoms with van der Waals surface area (Å²) in [6.45, 7) is 2.91. The molecule has 1 unspecified atom stereocenters. The Morgan fingerprint density at radius 3 is 2.00 bits per heavy atom. The first kappa shape index (κ1) is 8.15. The lowest BCUT2D eigenvalue weighted by Gasteiger charge is -2.13. The predicted octanol–water partition coefficient (Wildman–Crippen LogP) is 0.836. The number of rotatable bonds is 2. The monoisotopic (exact) mass is 138 g/mol. The van der Waals surface area contributed by atoms with Crippen LogP contribution in [0, 0.1) is 0 Å². The maximum atomic E-state index is 10.5. The van der Waals surface area contributed by atoms with Crippen molar-refractivity contribution >= 4 is 8.03 Å².